The van der Waals surface area contributed by atoms with E-state index in [4.69, 9.17) is 4.74 Å². The first-order valence-electron chi connectivity index (χ1n) is 6.64. The quantitative estimate of drug-likeness (QED) is 0.769. The molecule has 0 radical (unpaired) electrons. The van der Waals surface area contributed by atoms with Crippen molar-refractivity contribution in [1.29, 1.82) is 0 Å². The number of benzene rings is 1. The van der Waals surface area contributed by atoms with Crippen molar-refractivity contribution in [3.05, 3.63) is 29.8 Å². The molecule has 2 rings (SSSR count). The van der Waals surface area contributed by atoms with Crippen molar-refractivity contribution in [2.75, 3.05) is 18.0 Å². The number of rotatable bonds is 3. The molecule has 18 heavy (non-hydrogen) atoms. The monoisotopic (exact) mass is 247 g/mol. The summed E-state index contributed by atoms with van der Waals surface area (Å²) in [5.74, 6) is 0.206. The first-order valence-corrected chi connectivity index (χ1v) is 6.64. The molecular formula is C15H21NO2. The Morgan fingerprint density at radius 1 is 1.28 bits per heavy atom. The highest BCUT2D eigenvalue weighted by atomic mass is 16.5. The molecule has 0 amide bonds. The second-order valence-electron chi connectivity index (χ2n) is 4.96. The van der Waals surface area contributed by atoms with E-state index in [1.165, 1.54) is 0 Å². The topological polar surface area (TPSA) is 29.5 Å². The lowest BCUT2D eigenvalue weighted by Crippen LogP contribution is -2.46. The molecule has 1 aromatic rings. The molecule has 1 heterocycles. The highest BCUT2D eigenvalue weighted by Crippen LogP contribution is 2.25. The Labute approximate surface area is 109 Å². The van der Waals surface area contributed by atoms with Gasteiger partial charge in [0.2, 0.25) is 0 Å². The van der Waals surface area contributed by atoms with Crippen molar-refractivity contribution in [2.24, 2.45) is 0 Å². The number of carbonyl (C=O) groups excluding carboxylic acids is 1. The number of nitrogens with zero attached hydrogens (tertiary/aromatic N) is 1. The average molecular weight is 247 g/mol. The summed E-state index contributed by atoms with van der Waals surface area (Å²) in [5, 5.41) is 0. The number of anilines is 1. The van der Waals surface area contributed by atoms with Crippen LogP contribution < -0.4 is 4.90 Å². The Kier molecular flexibility index (Phi) is 4.02. The van der Waals surface area contributed by atoms with Gasteiger partial charge in [-0.15, -0.1) is 0 Å². The number of morpholine rings is 1. The second kappa shape index (κ2) is 5.53. The summed E-state index contributed by atoms with van der Waals surface area (Å²) in [6.45, 7) is 7.75. The van der Waals surface area contributed by atoms with Crippen LogP contribution in [0, 0.1) is 0 Å². The molecule has 2 unspecified atom stereocenters. The summed E-state index contributed by atoms with van der Waals surface area (Å²) in [7, 11) is 0. The normalized spacial score (nSPS) is 24.1. The summed E-state index contributed by atoms with van der Waals surface area (Å²) < 4.78 is 5.74. The van der Waals surface area contributed by atoms with Crippen molar-refractivity contribution in [3.8, 4) is 0 Å². The number of hydrogen-bond donors (Lipinski definition) is 0. The van der Waals surface area contributed by atoms with Crippen LogP contribution in [0.15, 0.2) is 24.3 Å². The van der Waals surface area contributed by atoms with E-state index in [0.717, 1.165) is 24.3 Å². The first kappa shape index (κ1) is 13.1. The van der Waals surface area contributed by atoms with Gasteiger partial charge in [-0.3, -0.25) is 4.79 Å². The number of ketones is 1. The van der Waals surface area contributed by atoms with Gasteiger partial charge in [0.1, 0.15) is 0 Å². The van der Waals surface area contributed by atoms with E-state index < -0.39 is 0 Å². The van der Waals surface area contributed by atoms with E-state index in [-0.39, 0.29) is 18.0 Å². The van der Waals surface area contributed by atoms with E-state index in [1.54, 1.807) is 0 Å². The molecule has 0 N–H and O–H groups in total. The third kappa shape index (κ3) is 2.72. The summed E-state index contributed by atoms with van der Waals surface area (Å²) in [6.07, 6.45) is 0.962. The molecule has 0 aromatic heterocycles. The maximum Gasteiger partial charge on any atom is 0.164 e. The van der Waals surface area contributed by atoms with Gasteiger partial charge < -0.3 is 9.64 Å². The zero-order valence-corrected chi connectivity index (χ0v) is 11.3. The van der Waals surface area contributed by atoms with Crippen molar-refractivity contribution in [1.82, 2.24) is 0 Å². The Balaban J connectivity index is 2.29. The highest BCUT2D eigenvalue weighted by molar-refractivity contribution is 6.01. The van der Waals surface area contributed by atoms with E-state index in [1.807, 2.05) is 31.2 Å². The summed E-state index contributed by atoms with van der Waals surface area (Å²) in [6, 6.07) is 7.88. The van der Waals surface area contributed by atoms with Gasteiger partial charge in [0.05, 0.1) is 12.2 Å². The van der Waals surface area contributed by atoms with Crippen LogP contribution in [-0.4, -0.2) is 31.1 Å². The molecule has 3 nitrogen and oxygen atoms in total. The molecule has 0 bridgehead atoms. The van der Waals surface area contributed by atoms with Crippen molar-refractivity contribution >= 4 is 11.5 Å². The summed E-state index contributed by atoms with van der Waals surface area (Å²) in [4.78, 5) is 14.2. The standard InChI is InChI=1S/C15H21NO2/c1-4-15(17)13-7-5-6-8-14(13)16-9-11(2)18-12(3)10-16/h5-8,11-12H,4,9-10H2,1-3H3. The lowest BCUT2D eigenvalue weighted by molar-refractivity contribution is -0.00526. The second-order valence-corrected chi connectivity index (χ2v) is 4.96. The fourth-order valence-electron chi connectivity index (χ4n) is 2.55. The molecule has 1 fully saturated rings. The van der Waals surface area contributed by atoms with E-state index >= 15 is 0 Å². The molecule has 1 aliphatic rings. The molecule has 1 aliphatic heterocycles. The molecule has 2 atom stereocenters. The van der Waals surface area contributed by atoms with Crippen LogP contribution in [-0.2, 0) is 4.74 Å². The first-order chi connectivity index (χ1) is 8.61. The number of hydrogen-bond acceptors (Lipinski definition) is 3. The zero-order chi connectivity index (χ0) is 13.1. The van der Waals surface area contributed by atoms with Gasteiger partial charge in [-0.05, 0) is 26.0 Å². The van der Waals surface area contributed by atoms with Crippen molar-refractivity contribution in [2.45, 2.75) is 39.4 Å². The van der Waals surface area contributed by atoms with Crippen molar-refractivity contribution in [3.63, 3.8) is 0 Å². The predicted octanol–water partition coefficient (Wildman–Crippen LogP) is 2.89. The van der Waals surface area contributed by atoms with Gasteiger partial charge in [0, 0.05) is 30.8 Å². The Morgan fingerprint density at radius 2 is 1.89 bits per heavy atom. The summed E-state index contributed by atoms with van der Waals surface area (Å²) >= 11 is 0. The van der Waals surface area contributed by atoms with Crippen LogP contribution in [0.1, 0.15) is 37.6 Å². The van der Waals surface area contributed by atoms with Crippen LogP contribution in [0.25, 0.3) is 0 Å². The van der Waals surface area contributed by atoms with Gasteiger partial charge in [-0.25, -0.2) is 0 Å². The minimum absolute atomic E-state index is 0.206. The fourth-order valence-corrected chi connectivity index (χ4v) is 2.55. The lowest BCUT2D eigenvalue weighted by atomic mass is 10.0. The molecule has 1 aromatic carbocycles. The highest BCUT2D eigenvalue weighted by Gasteiger charge is 2.24. The number of para-hydroxylation sites is 1. The summed E-state index contributed by atoms with van der Waals surface area (Å²) in [5.41, 5.74) is 1.88. The van der Waals surface area contributed by atoms with E-state index in [9.17, 15) is 4.79 Å². The van der Waals surface area contributed by atoms with Gasteiger partial charge >= 0.3 is 0 Å². The molecule has 0 saturated carbocycles. The third-order valence-electron chi connectivity index (χ3n) is 3.29. The molecular weight excluding hydrogens is 226 g/mol. The predicted molar refractivity (Wildman–Crippen MR) is 73.3 cm³/mol. The maximum absolute atomic E-state index is 12.0. The maximum atomic E-state index is 12.0. The van der Waals surface area contributed by atoms with Crippen LogP contribution >= 0.6 is 0 Å². The van der Waals surface area contributed by atoms with Crippen molar-refractivity contribution < 1.29 is 9.53 Å². The van der Waals surface area contributed by atoms with Crippen LogP contribution in [0.3, 0.4) is 0 Å². The fraction of sp³-hybridized carbons (Fsp3) is 0.533. The minimum atomic E-state index is 0.206. The zero-order valence-electron chi connectivity index (χ0n) is 11.3. The Hall–Kier alpha value is -1.35. The van der Waals surface area contributed by atoms with Gasteiger partial charge in [-0.1, -0.05) is 19.1 Å². The number of carbonyl (C=O) groups is 1. The molecule has 0 aliphatic carbocycles. The van der Waals surface area contributed by atoms with Gasteiger partial charge in [-0.2, -0.15) is 0 Å². The largest absolute Gasteiger partial charge is 0.372 e. The third-order valence-corrected chi connectivity index (χ3v) is 3.29. The van der Waals surface area contributed by atoms with Crippen LogP contribution in [0.4, 0.5) is 5.69 Å². The van der Waals surface area contributed by atoms with E-state index in [0.29, 0.717) is 6.42 Å². The smallest absolute Gasteiger partial charge is 0.164 e. The van der Waals surface area contributed by atoms with E-state index in [2.05, 4.69) is 18.7 Å². The molecule has 98 valence electrons. The van der Waals surface area contributed by atoms with Crippen LogP contribution in [0.5, 0.6) is 0 Å². The Bertz CT molecular complexity index is 420. The Morgan fingerprint density at radius 3 is 2.50 bits per heavy atom. The number of Topliss-reactive ketones (excluding diaryl/α,β-unsaturated/α-hetero) is 1. The molecule has 3 heteroatoms. The van der Waals surface area contributed by atoms with Gasteiger partial charge in [0.25, 0.3) is 0 Å². The molecule has 0 spiro atoms. The van der Waals surface area contributed by atoms with Crippen LogP contribution in [0.2, 0.25) is 0 Å². The van der Waals surface area contributed by atoms with Gasteiger partial charge in [0.15, 0.2) is 5.78 Å². The molecule has 1 saturated heterocycles. The minimum Gasteiger partial charge on any atom is -0.372 e. The average Bonchev–Trinajstić information content (AvgIpc) is 2.36. The SMILES string of the molecule is CCC(=O)c1ccccc1N1CC(C)OC(C)C1. The lowest BCUT2D eigenvalue weighted by Gasteiger charge is -2.37. The number of ether oxygens (including phenoxy) is 1.